The predicted molar refractivity (Wildman–Crippen MR) is 92.2 cm³/mol. The molecule has 22 heavy (non-hydrogen) atoms. The first-order valence-electron chi connectivity index (χ1n) is 8.31. The molecule has 0 aromatic carbocycles. The van der Waals surface area contributed by atoms with E-state index in [0.29, 0.717) is 31.3 Å². The fourth-order valence-corrected chi connectivity index (χ4v) is 2.77. The molecule has 2 N–H and O–H groups in total. The average Bonchev–Trinajstić information content (AvgIpc) is 2.44. The van der Waals surface area contributed by atoms with Gasteiger partial charge in [0.25, 0.3) is 0 Å². The summed E-state index contributed by atoms with van der Waals surface area (Å²) in [4.78, 5) is 26.0. The number of nitrogens with one attached hydrogen (secondary N) is 2. The molecule has 1 aliphatic rings. The average molecular weight is 334 g/mol. The van der Waals surface area contributed by atoms with E-state index in [2.05, 4.69) is 17.6 Å². The lowest BCUT2D eigenvalue weighted by molar-refractivity contribution is -0.134. The SMILES string of the molecule is CCCN(C(=O)CCNC(=O)CC(C)C)C1CCNCC1.Cl. The molecule has 0 aromatic rings. The number of rotatable bonds is 8. The zero-order valence-corrected chi connectivity index (χ0v) is 15.0. The van der Waals surface area contributed by atoms with Crippen LogP contribution in [0.25, 0.3) is 0 Å². The van der Waals surface area contributed by atoms with Crippen molar-refractivity contribution in [2.45, 2.75) is 58.9 Å². The smallest absolute Gasteiger partial charge is 0.224 e. The van der Waals surface area contributed by atoms with Crippen molar-refractivity contribution in [3.05, 3.63) is 0 Å². The maximum Gasteiger partial charge on any atom is 0.224 e. The van der Waals surface area contributed by atoms with Gasteiger partial charge in [0.2, 0.25) is 11.8 Å². The van der Waals surface area contributed by atoms with Crippen LogP contribution >= 0.6 is 12.4 Å². The van der Waals surface area contributed by atoms with Crippen LogP contribution in [0.5, 0.6) is 0 Å². The van der Waals surface area contributed by atoms with E-state index in [-0.39, 0.29) is 24.2 Å². The minimum Gasteiger partial charge on any atom is -0.356 e. The minimum atomic E-state index is 0. The highest BCUT2D eigenvalue weighted by Crippen LogP contribution is 2.13. The van der Waals surface area contributed by atoms with Gasteiger partial charge in [0, 0.05) is 32.0 Å². The van der Waals surface area contributed by atoms with Crippen LogP contribution < -0.4 is 10.6 Å². The van der Waals surface area contributed by atoms with Crippen LogP contribution in [0.1, 0.15) is 52.9 Å². The van der Waals surface area contributed by atoms with E-state index in [1.165, 1.54) is 0 Å². The Balaban J connectivity index is 0.00000441. The van der Waals surface area contributed by atoms with Crippen LogP contribution in [-0.2, 0) is 9.59 Å². The molecule has 2 amide bonds. The highest BCUT2D eigenvalue weighted by molar-refractivity contribution is 5.85. The number of piperidine rings is 1. The molecule has 1 heterocycles. The van der Waals surface area contributed by atoms with Crippen LogP contribution in [-0.4, -0.2) is 48.9 Å². The highest BCUT2D eigenvalue weighted by Gasteiger charge is 2.24. The lowest BCUT2D eigenvalue weighted by Crippen LogP contribution is -2.47. The molecule has 1 rings (SSSR count). The van der Waals surface area contributed by atoms with Gasteiger partial charge in [0.05, 0.1) is 0 Å². The Labute approximate surface area is 141 Å². The quantitative estimate of drug-likeness (QED) is 0.713. The molecule has 0 radical (unpaired) electrons. The lowest BCUT2D eigenvalue weighted by Gasteiger charge is -2.34. The summed E-state index contributed by atoms with van der Waals surface area (Å²) in [6, 6.07) is 0.366. The van der Waals surface area contributed by atoms with E-state index in [4.69, 9.17) is 0 Å². The van der Waals surface area contributed by atoms with Crippen molar-refractivity contribution in [1.82, 2.24) is 15.5 Å². The van der Waals surface area contributed by atoms with Crippen molar-refractivity contribution in [2.24, 2.45) is 5.92 Å². The predicted octanol–water partition coefficient (Wildman–Crippen LogP) is 1.95. The largest absolute Gasteiger partial charge is 0.356 e. The molecule has 0 aliphatic carbocycles. The third kappa shape index (κ3) is 7.99. The molecule has 0 atom stereocenters. The Bertz CT molecular complexity index is 331. The van der Waals surface area contributed by atoms with Gasteiger partial charge < -0.3 is 15.5 Å². The molecule has 130 valence electrons. The maximum absolute atomic E-state index is 12.4. The van der Waals surface area contributed by atoms with Crippen molar-refractivity contribution in [1.29, 1.82) is 0 Å². The molecule has 6 heteroatoms. The van der Waals surface area contributed by atoms with Crippen molar-refractivity contribution < 1.29 is 9.59 Å². The van der Waals surface area contributed by atoms with Crippen LogP contribution in [0.3, 0.4) is 0 Å². The van der Waals surface area contributed by atoms with Crippen molar-refractivity contribution in [3.63, 3.8) is 0 Å². The molecule has 1 saturated heterocycles. The Morgan fingerprint density at radius 3 is 2.45 bits per heavy atom. The monoisotopic (exact) mass is 333 g/mol. The molecule has 0 saturated carbocycles. The lowest BCUT2D eigenvalue weighted by atomic mass is 10.0. The van der Waals surface area contributed by atoms with E-state index >= 15 is 0 Å². The Morgan fingerprint density at radius 1 is 1.27 bits per heavy atom. The first-order chi connectivity index (χ1) is 10.0. The zero-order valence-electron chi connectivity index (χ0n) is 14.2. The van der Waals surface area contributed by atoms with Gasteiger partial charge in [0.15, 0.2) is 0 Å². The summed E-state index contributed by atoms with van der Waals surface area (Å²) in [6.45, 7) is 9.40. The van der Waals surface area contributed by atoms with E-state index in [1.54, 1.807) is 0 Å². The second kappa shape index (κ2) is 11.7. The molecular weight excluding hydrogens is 302 g/mol. The number of carbonyl (C=O) groups excluding carboxylic acids is 2. The first-order valence-corrected chi connectivity index (χ1v) is 8.31. The normalized spacial score (nSPS) is 15.3. The summed E-state index contributed by atoms with van der Waals surface area (Å²) < 4.78 is 0. The van der Waals surface area contributed by atoms with Crippen molar-refractivity contribution in [3.8, 4) is 0 Å². The topological polar surface area (TPSA) is 61.4 Å². The van der Waals surface area contributed by atoms with Gasteiger partial charge in [-0.3, -0.25) is 9.59 Å². The molecule has 0 spiro atoms. The van der Waals surface area contributed by atoms with Crippen LogP contribution in [0.15, 0.2) is 0 Å². The van der Waals surface area contributed by atoms with E-state index in [9.17, 15) is 9.59 Å². The summed E-state index contributed by atoms with van der Waals surface area (Å²) in [5, 5.41) is 6.18. The Hall–Kier alpha value is -0.810. The molecule has 0 bridgehead atoms. The molecule has 0 unspecified atom stereocenters. The van der Waals surface area contributed by atoms with E-state index < -0.39 is 0 Å². The number of amides is 2. The summed E-state index contributed by atoms with van der Waals surface area (Å²) in [5.41, 5.74) is 0. The van der Waals surface area contributed by atoms with Gasteiger partial charge in [-0.05, 0) is 38.3 Å². The molecular formula is C16H32ClN3O2. The van der Waals surface area contributed by atoms with Gasteiger partial charge in [-0.1, -0.05) is 20.8 Å². The number of hydrogen-bond acceptors (Lipinski definition) is 3. The number of halogens is 1. The van der Waals surface area contributed by atoms with Gasteiger partial charge in [-0.2, -0.15) is 0 Å². The second-order valence-electron chi connectivity index (χ2n) is 6.27. The van der Waals surface area contributed by atoms with Crippen molar-refractivity contribution >= 4 is 24.2 Å². The minimum absolute atomic E-state index is 0. The van der Waals surface area contributed by atoms with Gasteiger partial charge in [-0.15, -0.1) is 12.4 Å². The van der Waals surface area contributed by atoms with Crippen LogP contribution in [0, 0.1) is 5.92 Å². The standard InChI is InChI=1S/C16H31N3O2.ClH/c1-4-11-19(14-5-8-17-9-6-14)16(21)7-10-18-15(20)12-13(2)3;/h13-14,17H,4-12H2,1-3H3,(H,18,20);1H. The van der Waals surface area contributed by atoms with Gasteiger partial charge >= 0.3 is 0 Å². The number of carbonyl (C=O) groups is 2. The zero-order chi connectivity index (χ0) is 15.7. The first kappa shape index (κ1) is 21.2. The summed E-state index contributed by atoms with van der Waals surface area (Å²) in [6.07, 6.45) is 3.99. The number of nitrogens with zero attached hydrogens (tertiary/aromatic N) is 1. The summed E-state index contributed by atoms with van der Waals surface area (Å²) >= 11 is 0. The third-order valence-electron chi connectivity index (χ3n) is 3.79. The molecule has 1 aliphatic heterocycles. The second-order valence-corrected chi connectivity index (χ2v) is 6.27. The van der Waals surface area contributed by atoms with Crippen LogP contribution in [0.2, 0.25) is 0 Å². The fourth-order valence-electron chi connectivity index (χ4n) is 2.77. The third-order valence-corrected chi connectivity index (χ3v) is 3.79. The number of hydrogen-bond donors (Lipinski definition) is 2. The summed E-state index contributed by atoms with van der Waals surface area (Å²) in [5.74, 6) is 0.572. The van der Waals surface area contributed by atoms with Crippen molar-refractivity contribution in [2.75, 3.05) is 26.2 Å². The Kier molecular flexibility index (Phi) is 11.3. The highest BCUT2D eigenvalue weighted by atomic mass is 35.5. The van der Waals surface area contributed by atoms with Gasteiger partial charge in [-0.25, -0.2) is 0 Å². The molecule has 1 fully saturated rings. The summed E-state index contributed by atoms with van der Waals surface area (Å²) in [7, 11) is 0. The van der Waals surface area contributed by atoms with E-state index in [1.807, 2.05) is 18.7 Å². The van der Waals surface area contributed by atoms with E-state index in [0.717, 1.165) is 38.9 Å². The van der Waals surface area contributed by atoms with Crippen LogP contribution in [0.4, 0.5) is 0 Å². The Morgan fingerprint density at radius 2 is 1.91 bits per heavy atom. The maximum atomic E-state index is 12.4. The van der Waals surface area contributed by atoms with Gasteiger partial charge in [0.1, 0.15) is 0 Å². The molecule has 5 nitrogen and oxygen atoms in total. The molecule has 0 aromatic heterocycles. The fraction of sp³-hybridized carbons (Fsp3) is 0.875.